The highest BCUT2D eigenvalue weighted by Crippen LogP contribution is 2.38. The van der Waals surface area contributed by atoms with Crippen LogP contribution in [0.15, 0.2) is 47.4 Å². The van der Waals surface area contributed by atoms with Crippen LogP contribution >= 0.6 is 11.3 Å². The molecule has 4 rings (SSSR count). The highest BCUT2D eigenvalue weighted by molar-refractivity contribution is 7.93. The number of hydrogen-bond donors (Lipinski definition) is 2. The molecule has 194 valence electrons. The fourth-order valence-corrected chi connectivity index (χ4v) is 7.33. The topological polar surface area (TPSA) is 119 Å². The van der Waals surface area contributed by atoms with Crippen molar-refractivity contribution in [2.24, 2.45) is 5.73 Å². The Labute approximate surface area is 210 Å². The minimum Gasteiger partial charge on any atom is -0.406 e. The molecule has 1 fully saturated rings. The Balaban J connectivity index is 1.61. The molecule has 1 aliphatic heterocycles. The number of aromatic nitrogens is 1. The standard InChI is InChI=1S/C23H25F3N4O4S2/c1-33-13-12-30-10-8-22(9-11-30,21(27)28)36(31,32)17-6-7-18-19(14-17)35-20(29-18)15-2-4-16(5-3-15)34-23(24,25)26/h2-7,14H,8-13H2,1H3,(H3,27,28). The van der Waals surface area contributed by atoms with Gasteiger partial charge in [0.25, 0.3) is 0 Å². The zero-order valence-electron chi connectivity index (χ0n) is 19.3. The average Bonchev–Trinajstić information content (AvgIpc) is 3.25. The normalized spacial score (nSPS) is 16.8. The number of benzene rings is 2. The highest BCUT2D eigenvalue weighted by atomic mass is 32.2. The van der Waals surface area contributed by atoms with E-state index in [2.05, 4.69) is 14.6 Å². The second kappa shape index (κ2) is 9.96. The van der Waals surface area contributed by atoms with Gasteiger partial charge in [-0.3, -0.25) is 5.41 Å². The first-order valence-corrected chi connectivity index (χ1v) is 13.3. The number of fused-ring (bicyclic) bond motifs is 1. The predicted octanol–water partition coefficient (Wildman–Crippen LogP) is 4.05. The van der Waals surface area contributed by atoms with Crippen LogP contribution in [0.5, 0.6) is 5.75 Å². The van der Waals surface area contributed by atoms with Crippen molar-refractivity contribution in [1.82, 2.24) is 9.88 Å². The van der Waals surface area contributed by atoms with E-state index >= 15 is 0 Å². The molecular weight excluding hydrogens is 517 g/mol. The number of nitrogens with one attached hydrogen (secondary N) is 1. The Bertz CT molecular complexity index is 1350. The van der Waals surface area contributed by atoms with E-state index in [1.54, 1.807) is 13.2 Å². The van der Waals surface area contributed by atoms with Gasteiger partial charge in [-0.15, -0.1) is 24.5 Å². The number of nitrogens with two attached hydrogens (primary N) is 1. The third-order valence-electron chi connectivity index (χ3n) is 6.29. The van der Waals surface area contributed by atoms with Gasteiger partial charge in [0.1, 0.15) is 21.3 Å². The summed E-state index contributed by atoms with van der Waals surface area (Å²) in [6, 6.07) is 9.88. The summed E-state index contributed by atoms with van der Waals surface area (Å²) in [5.41, 5.74) is 7.01. The van der Waals surface area contributed by atoms with Crippen LogP contribution in [0.25, 0.3) is 20.8 Å². The lowest BCUT2D eigenvalue weighted by molar-refractivity contribution is -0.274. The number of methoxy groups -OCH3 is 1. The van der Waals surface area contributed by atoms with Crippen molar-refractivity contribution in [1.29, 1.82) is 5.41 Å². The monoisotopic (exact) mass is 542 g/mol. The SMILES string of the molecule is COCCN1CCC(C(=N)N)(S(=O)(=O)c2ccc3nc(-c4ccc(OC(F)(F)F)cc4)sc3c2)CC1. The molecule has 0 unspecified atom stereocenters. The maximum Gasteiger partial charge on any atom is 0.573 e. The summed E-state index contributed by atoms with van der Waals surface area (Å²) < 4.78 is 72.8. The van der Waals surface area contributed by atoms with Gasteiger partial charge in [0.05, 0.1) is 21.7 Å². The fourth-order valence-electron chi connectivity index (χ4n) is 4.26. The van der Waals surface area contributed by atoms with Crippen molar-refractivity contribution in [3.8, 4) is 16.3 Å². The van der Waals surface area contributed by atoms with E-state index in [0.717, 1.165) is 0 Å². The van der Waals surface area contributed by atoms with E-state index in [1.807, 2.05) is 0 Å². The smallest absolute Gasteiger partial charge is 0.406 e. The van der Waals surface area contributed by atoms with E-state index in [1.165, 1.54) is 47.7 Å². The van der Waals surface area contributed by atoms with Gasteiger partial charge in [0.2, 0.25) is 0 Å². The molecule has 36 heavy (non-hydrogen) atoms. The van der Waals surface area contributed by atoms with Crippen LogP contribution in [0.1, 0.15) is 12.8 Å². The van der Waals surface area contributed by atoms with Crippen LogP contribution in [0.4, 0.5) is 13.2 Å². The number of likely N-dealkylation sites (tertiary alicyclic amines) is 1. The summed E-state index contributed by atoms with van der Waals surface area (Å²) >= 11 is 1.22. The second-order valence-electron chi connectivity index (χ2n) is 8.47. The van der Waals surface area contributed by atoms with E-state index < -0.39 is 20.9 Å². The Morgan fingerprint density at radius 3 is 2.44 bits per heavy atom. The molecule has 0 aliphatic carbocycles. The molecule has 0 bridgehead atoms. The van der Waals surface area contributed by atoms with Crippen LogP contribution in [0, 0.1) is 5.41 Å². The van der Waals surface area contributed by atoms with Crippen molar-refractivity contribution in [3.05, 3.63) is 42.5 Å². The van der Waals surface area contributed by atoms with Crippen LogP contribution < -0.4 is 10.5 Å². The second-order valence-corrected chi connectivity index (χ2v) is 11.8. The maximum absolute atomic E-state index is 13.8. The minimum atomic E-state index is -4.78. The van der Waals surface area contributed by atoms with E-state index in [9.17, 15) is 21.6 Å². The van der Waals surface area contributed by atoms with Gasteiger partial charge in [-0.25, -0.2) is 13.4 Å². The number of alkyl halides is 3. The third-order valence-corrected chi connectivity index (χ3v) is 9.88. The number of piperidine rings is 1. The quantitative estimate of drug-likeness (QED) is 0.326. The predicted molar refractivity (Wildman–Crippen MR) is 131 cm³/mol. The number of rotatable bonds is 8. The van der Waals surface area contributed by atoms with Gasteiger partial charge in [-0.1, -0.05) is 0 Å². The minimum absolute atomic E-state index is 0.0552. The summed E-state index contributed by atoms with van der Waals surface area (Å²) in [5, 5.41) is 8.68. The van der Waals surface area contributed by atoms with Crippen LogP contribution in [-0.2, 0) is 14.6 Å². The molecule has 2 aromatic carbocycles. The van der Waals surface area contributed by atoms with E-state index in [0.29, 0.717) is 47.0 Å². The lowest BCUT2D eigenvalue weighted by atomic mass is 9.94. The summed E-state index contributed by atoms with van der Waals surface area (Å²) in [6.07, 6.45) is -4.38. The zero-order valence-corrected chi connectivity index (χ0v) is 21.0. The zero-order chi connectivity index (χ0) is 26.1. The average molecular weight is 543 g/mol. The Morgan fingerprint density at radius 2 is 1.86 bits per heavy atom. The van der Waals surface area contributed by atoms with Crippen molar-refractivity contribution >= 4 is 37.2 Å². The maximum atomic E-state index is 13.8. The number of thiazole rings is 1. The van der Waals surface area contributed by atoms with E-state index in [4.69, 9.17) is 15.9 Å². The first-order valence-electron chi connectivity index (χ1n) is 11.0. The molecule has 13 heteroatoms. The lowest BCUT2D eigenvalue weighted by Gasteiger charge is -2.40. The third kappa shape index (κ3) is 5.19. The van der Waals surface area contributed by atoms with Crippen LogP contribution in [0.2, 0.25) is 0 Å². The summed E-state index contributed by atoms with van der Waals surface area (Å²) in [7, 11) is -2.38. The summed E-state index contributed by atoms with van der Waals surface area (Å²) in [6.45, 7) is 2.15. The molecule has 8 nitrogen and oxygen atoms in total. The summed E-state index contributed by atoms with van der Waals surface area (Å²) in [4.78, 5) is 6.63. The fraction of sp³-hybridized carbons (Fsp3) is 0.391. The van der Waals surface area contributed by atoms with Gasteiger partial charge in [-0.05, 0) is 55.3 Å². The van der Waals surface area contributed by atoms with Gasteiger partial charge in [0, 0.05) is 32.3 Å². The number of nitrogens with zero attached hydrogens (tertiary/aromatic N) is 2. The van der Waals surface area contributed by atoms with Crippen LogP contribution in [0.3, 0.4) is 0 Å². The number of hydrogen-bond acceptors (Lipinski definition) is 8. The number of sulfone groups is 1. The molecule has 2 heterocycles. The molecule has 0 spiro atoms. The molecule has 0 amide bonds. The first-order chi connectivity index (χ1) is 16.9. The molecule has 1 aromatic heterocycles. The Hall–Kier alpha value is -2.74. The molecule has 0 atom stereocenters. The molecule has 3 aromatic rings. The van der Waals surface area contributed by atoms with Gasteiger partial charge in [-0.2, -0.15) is 0 Å². The highest BCUT2D eigenvalue weighted by Gasteiger charge is 2.49. The van der Waals surface area contributed by atoms with Gasteiger partial charge < -0.3 is 20.1 Å². The van der Waals surface area contributed by atoms with Gasteiger partial charge >= 0.3 is 6.36 Å². The first kappa shape index (κ1) is 26.3. The van der Waals surface area contributed by atoms with Crippen molar-refractivity contribution < 1.29 is 31.1 Å². The summed E-state index contributed by atoms with van der Waals surface area (Å²) in [5.74, 6) is -0.719. The molecule has 0 saturated carbocycles. The van der Waals surface area contributed by atoms with Crippen molar-refractivity contribution in [2.75, 3.05) is 33.4 Å². The molecular formula is C23H25F3N4O4S2. The van der Waals surface area contributed by atoms with Gasteiger partial charge in [0.15, 0.2) is 9.84 Å². The van der Waals surface area contributed by atoms with Crippen molar-refractivity contribution in [2.45, 2.75) is 28.8 Å². The van der Waals surface area contributed by atoms with Crippen LogP contribution in [-0.4, -0.2) is 68.6 Å². The van der Waals surface area contributed by atoms with E-state index in [-0.39, 0.29) is 29.3 Å². The molecule has 3 N–H and O–H groups in total. The van der Waals surface area contributed by atoms with Crippen molar-refractivity contribution in [3.63, 3.8) is 0 Å². The molecule has 0 radical (unpaired) electrons. The Morgan fingerprint density at radius 1 is 1.19 bits per heavy atom. The Kier molecular flexibility index (Phi) is 7.28. The number of ether oxygens (including phenoxy) is 2. The number of amidine groups is 1. The number of halogens is 3. The molecule has 1 saturated heterocycles. The lowest BCUT2D eigenvalue weighted by Crippen LogP contribution is -2.56. The largest absolute Gasteiger partial charge is 0.573 e. The molecule has 1 aliphatic rings.